The lowest BCUT2D eigenvalue weighted by molar-refractivity contribution is 0.468. The third-order valence-electron chi connectivity index (χ3n) is 2.49. The van der Waals surface area contributed by atoms with Crippen LogP contribution in [0.1, 0.15) is 5.56 Å². The molecule has 17 heavy (non-hydrogen) atoms. The van der Waals surface area contributed by atoms with Crippen LogP contribution in [-0.4, -0.2) is 22.5 Å². The van der Waals surface area contributed by atoms with Gasteiger partial charge in [-0.1, -0.05) is 24.3 Å². The molecule has 0 saturated heterocycles. The first-order valence-corrected chi connectivity index (χ1v) is 11.1. The standard InChI is InChI=1S/C13H21O2Si2/c1-5-10-16(2)15-17(3,4)11-12-8-6-7-9-13(12)14/h5-9,14H,1,10-11H2,2-4H3. The van der Waals surface area contributed by atoms with Crippen LogP contribution in [0, 0.1) is 0 Å². The van der Waals surface area contributed by atoms with Crippen LogP contribution in [0.25, 0.3) is 0 Å². The van der Waals surface area contributed by atoms with Gasteiger partial charge in [-0.15, -0.1) is 6.58 Å². The first-order chi connectivity index (χ1) is 7.94. The zero-order chi connectivity index (χ0) is 12.9. The van der Waals surface area contributed by atoms with Gasteiger partial charge in [0.15, 0.2) is 17.4 Å². The summed E-state index contributed by atoms with van der Waals surface area (Å²) in [6.07, 6.45) is 1.93. The molecule has 93 valence electrons. The van der Waals surface area contributed by atoms with E-state index in [0.717, 1.165) is 17.7 Å². The summed E-state index contributed by atoms with van der Waals surface area (Å²) in [6, 6.07) is 9.35. The Bertz CT molecular complexity index is 377. The van der Waals surface area contributed by atoms with Crippen molar-refractivity contribution in [2.75, 3.05) is 0 Å². The van der Waals surface area contributed by atoms with Gasteiger partial charge in [-0.25, -0.2) is 0 Å². The molecule has 0 bridgehead atoms. The van der Waals surface area contributed by atoms with Crippen molar-refractivity contribution in [3.05, 3.63) is 42.5 Å². The van der Waals surface area contributed by atoms with Crippen LogP contribution in [0.15, 0.2) is 36.9 Å². The van der Waals surface area contributed by atoms with E-state index in [1.807, 2.05) is 24.3 Å². The second-order valence-corrected chi connectivity index (χ2v) is 11.4. The van der Waals surface area contributed by atoms with Crippen molar-refractivity contribution < 1.29 is 9.22 Å². The highest BCUT2D eigenvalue weighted by Crippen LogP contribution is 2.22. The van der Waals surface area contributed by atoms with Crippen LogP contribution >= 0.6 is 0 Å². The highest BCUT2D eigenvalue weighted by Gasteiger charge is 2.26. The summed E-state index contributed by atoms with van der Waals surface area (Å²) in [5, 5.41) is 9.77. The zero-order valence-electron chi connectivity index (χ0n) is 10.9. The molecule has 0 fully saturated rings. The topological polar surface area (TPSA) is 29.5 Å². The van der Waals surface area contributed by atoms with Crippen molar-refractivity contribution in [3.63, 3.8) is 0 Å². The molecule has 0 atom stereocenters. The first kappa shape index (κ1) is 14.2. The molecule has 4 heteroatoms. The van der Waals surface area contributed by atoms with Gasteiger partial charge in [0, 0.05) is 0 Å². The largest absolute Gasteiger partial charge is 0.508 e. The minimum absolute atomic E-state index is 0.380. The molecule has 1 rings (SSSR count). The number of hydrogen-bond acceptors (Lipinski definition) is 2. The average Bonchev–Trinajstić information content (AvgIpc) is 2.20. The third-order valence-corrected chi connectivity index (χ3v) is 8.19. The Labute approximate surface area is 107 Å². The third kappa shape index (κ3) is 4.89. The van der Waals surface area contributed by atoms with E-state index in [9.17, 15) is 5.11 Å². The Hall–Kier alpha value is -0.846. The molecule has 0 heterocycles. The number of rotatable bonds is 6. The Morgan fingerprint density at radius 1 is 1.41 bits per heavy atom. The van der Waals surface area contributed by atoms with Gasteiger partial charge < -0.3 is 9.22 Å². The average molecular weight is 265 g/mol. The molecule has 0 saturated carbocycles. The minimum atomic E-state index is -1.74. The van der Waals surface area contributed by atoms with E-state index < -0.39 is 17.4 Å². The molecular formula is C13H21O2Si2. The monoisotopic (exact) mass is 265 g/mol. The lowest BCUT2D eigenvalue weighted by Gasteiger charge is -2.26. The van der Waals surface area contributed by atoms with Crippen LogP contribution < -0.4 is 0 Å². The van der Waals surface area contributed by atoms with Crippen molar-refractivity contribution in [3.8, 4) is 5.75 Å². The maximum absolute atomic E-state index is 9.77. The molecule has 0 spiro atoms. The summed E-state index contributed by atoms with van der Waals surface area (Å²) < 4.78 is 6.20. The smallest absolute Gasteiger partial charge is 0.198 e. The highest BCUT2D eigenvalue weighted by atomic mass is 28.4. The van der Waals surface area contributed by atoms with Gasteiger partial charge in [0.1, 0.15) is 5.75 Å². The van der Waals surface area contributed by atoms with Gasteiger partial charge >= 0.3 is 0 Å². The van der Waals surface area contributed by atoms with E-state index in [2.05, 4.69) is 26.2 Å². The van der Waals surface area contributed by atoms with Crippen LogP contribution in [0.2, 0.25) is 25.7 Å². The fraction of sp³-hybridized carbons (Fsp3) is 0.385. The number of allylic oxidation sites excluding steroid dienone is 1. The van der Waals surface area contributed by atoms with E-state index in [-0.39, 0.29) is 0 Å². The van der Waals surface area contributed by atoms with Crippen molar-refractivity contribution >= 4 is 17.4 Å². The van der Waals surface area contributed by atoms with Crippen molar-refractivity contribution in [1.29, 1.82) is 0 Å². The number of para-hydroxylation sites is 1. The summed E-state index contributed by atoms with van der Waals surface area (Å²) in [7, 11) is -2.51. The van der Waals surface area contributed by atoms with E-state index in [0.29, 0.717) is 5.75 Å². The van der Waals surface area contributed by atoms with Crippen LogP contribution in [0.5, 0.6) is 5.75 Å². The Balaban J connectivity index is 2.66. The van der Waals surface area contributed by atoms with E-state index in [4.69, 9.17) is 4.12 Å². The molecule has 0 unspecified atom stereocenters. The molecule has 0 aromatic heterocycles. The first-order valence-electron chi connectivity index (χ1n) is 5.84. The molecule has 1 radical (unpaired) electrons. The molecule has 0 aliphatic carbocycles. The van der Waals surface area contributed by atoms with E-state index in [1.165, 1.54) is 0 Å². The molecule has 0 aliphatic rings. The summed E-state index contributed by atoms with van der Waals surface area (Å²) in [5.74, 6) is 0.380. The number of aromatic hydroxyl groups is 1. The van der Waals surface area contributed by atoms with Gasteiger partial charge in [-0.3, -0.25) is 0 Å². The fourth-order valence-electron chi connectivity index (χ4n) is 1.87. The Kier molecular flexibility index (Phi) is 5.17. The van der Waals surface area contributed by atoms with Gasteiger partial charge in [0.05, 0.1) is 0 Å². The van der Waals surface area contributed by atoms with Crippen LogP contribution in [0.4, 0.5) is 0 Å². The molecule has 1 aromatic carbocycles. The normalized spacial score (nSPS) is 11.8. The van der Waals surface area contributed by atoms with Crippen molar-refractivity contribution in [2.24, 2.45) is 0 Å². The highest BCUT2D eigenvalue weighted by molar-refractivity contribution is 6.77. The van der Waals surface area contributed by atoms with Gasteiger partial charge in [0.25, 0.3) is 0 Å². The number of benzene rings is 1. The minimum Gasteiger partial charge on any atom is -0.508 e. The molecule has 0 aliphatic heterocycles. The number of hydrogen-bond donors (Lipinski definition) is 1. The quantitative estimate of drug-likeness (QED) is 0.630. The SMILES string of the molecule is C=CC[Si](C)O[Si](C)(C)Cc1ccccc1O. The summed E-state index contributed by atoms with van der Waals surface area (Å²) in [4.78, 5) is 0. The van der Waals surface area contributed by atoms with Crippen LogP contribution in [-0.2, 0) is 10.2 Å². The predicted octanol–water partition coefficient (Wildman–Crippen LogP) is 3.50. The number of phenols is 1. The summed E-state index contributed by atoms with van der Waals surface area (Å²) in [6.45, 7) is 10.3. The molecule has 1 N–H and O–H groups in total. The van der Waals surface area contributed by atoms with E-state index in [1.54, 1.807) is 6.07 Å². The molecule has 1 aromatic rings. The summed E-state index contributed by atoms with van der Waals surface area (Å²) in [5.41, 5.74) is 0.998. The maximum atomic E-state index is 9.77. The lowest BCUT2D eigenvalue weighted by Crippen LogP contribution is -2.39. The second kappa shape index (κ2) is 6.19. The number of phenolic OH excluding ortho intramolecular Hbond substituents is 1. The Morgan fingerprint density at radius 3 is 2.65 bits per heavy atom. The summed E-state index contributed by atoms with van der Waals surface area (Å²) >= 11 is 0. The molecule has 2 nitrogen and oxygen atoms in total. The van der Waals surface area contributed by atoms with Crippen molar-refractivity contribution in [1.82, 2.24) is 0 Å². The van der Waals surface area contributed by atoms with E-state index >= 15 is 0 Å². The Morgan fingerprint density at radius 2 is 2.06 bits per heavy atom. The lowest BCUT2D eigenvalue weighted by atomic mass is 10.2. The van der Waals surface area contributed by atoms with Gasteiger partial charge in [-0.05, 0) is 43.4 Å². The van der Waals surface area contributed by atoms with Gasteiger partial charge in [0.2, 0.25) is 0 Å². The van der Waals surface area contributed by atoms with Gasteiger partial charge in [-0.2, -0.15) is 0 Å². The molecular weight excluding hydrogens is 244 g/mol. The van der Waals surface area contributed by atoms with Crippen molar-refractivity contribution in [2.45, 2.75) is 31.7 Å². The maximum Gasteiger partial charge on any atom is 0.198 e. The zero-order valence-corrected chi connectivity index (χ0v) is 12.9. The second-order valence-electron chi connectivity index (χ2n) is 4.86. The fourth-order valence-corrected chi connectivity index (χ4v) is 7.89. The molecule has 0 amide bonds. The predicted molar refractivity (Wildman–Crippen MR) is 77.0 cm³/mol. The van der Waals surface area contributed by atoms with Crippen LogP contribution in [0.3, 0.4) is 0 Å².